The molecule has 0 bridgehead atoms. The van der Waals surface area contributed by atoms with Crippen LogP contribution in [-0.2, 0) is 4.79 Å². The average molecular weight is 242 g/mol. The van der Waals surface area contributed by atoms with Crippen LogP contribution >= 0.6 is 0 Å². The molecule has 1 aliphatic rings. The highest BCUT2D eigenvalue weighted by molar-refractivity contribution is 5.95. The molecule has 0 saturated heterocycles. The summed E-state index contributed by atoms with van der Waals surface area (Å²) in [6, 6.07) is 11.7. The second-order valence-electron chi connectivity index (χ2n) is 4.86. The minimum Gasteiger partial charge on any atom is -0.311 e. The van der Waals surface area contributed by atoms with E-state index in [1.54, 1.807) is 4.90 Å². The maximum Gasteiger partial charge on any atom is 0.230 e. The third-order valence-electron chi connectivity index (χ3n) is 3.50. The molecule has 0 N–H and O–H groups in total. The van der Waals surface area contributed by atoms with Gasteiger partial charge in [0.2, 0.25) is 5.91 Å². The Hall–Kier alpha value is -1.82. The number of anilines is 1. The Labute approximate surface area is 108 Å². The van der Waals surface area contributed by atoms with Crippen molar-refractivity contribution in [1.82, 2.24) is 0 Å². The van der Waals surface area contributed by atoms with E-state index < -0.39 is 0 Å². The van der Waals surface area contributed by atoms with Gasteiger partial charge in [-0.15, -0.1) is 0 Å². The largest absolute Gasteiger partial charge is 0.311 e. The smallest absolute Gasteiger partial charge is 0.230 e. The monoisotopic (exact) mass is 242 g/mol. The molecule has 1 saturated carbocycles. The summed E-state index contributed by atoms with van der Waals surface area (Å²) in [6.07, 6.45) is 2.69. The lowest BCUT2D eigenvalue weighted by Gasteiger charge is -2.25. The van der Waals surface area contributed by atoms with Crippen molar-refractivity contribution in [3.05, 3.63) is 30.3 Å². The van der Waals surface area contributed by atoms with E-state index in [9.17, 15) is 4.79 Å². The van der Waals surface area contributed by atoms with Crippen LogP contribution in [0.25, 0.3) is 0 Å². The summed E-state index contributed by atoms with van der Waals surface area (Å²) in [5, 5.41) is 8.72. The molecular formula is C15H18N2O. The van der Waals surface area contributed by atoms with Crippen LogP contribution in [0.1, 0.15) is 26.2 Å². The highest BCUT2D eigenvalue weighted by atomic mass is 16.2. The lowest BCUT2D eigenvalue weighted by atomic mass is 10.0. The number of hydrogen-bond donors (Lipinski definition) is 0. The standard InChI is InChI=1S/C15H18N2O/c1-12(13-8-9-13)15(18)17(11-5-10-16)14-6-3-2-4-7-14/h2-4,6-7,12-13H,5,8-9,11H2,1H3. The molecule has 2 rings (SSSR count). The van der Waals surface area contributed by atoms with Crippen molar-refractivity contribution in [2.24, 2.45) is 11.8 Å². The zero-order chi connectivity index (χ0) is 13.0. The Morgan fingerprint density at radius 1 is 1.44 bits per heavy atom. The van der Waals surface area contributed by atoms with Gasteiger partial charge in [-0.05, 0) is 30.9 Å². The van der Waals surface area contributed by atoms with Crippen molar-refractivity contribution in [2.45, 2.75) is 26.2 Å². The molecule has 1 unspecified atom stereocenters. The van der Waals surface area contributed by atoms with E-state index in [2.05, 4.69) is 6.07 Å². The first kappa shape index (κ1) is 12.6. The number of hydrogen-bond acceptors (Lipinski definition) is 2. The fourth-order valence-corrected chi connectivity index (χ4v) is 2.18. The van der Waals surface area contributed by atoms with Crippen LogP contribution in [-0.4, -0.2) is 12.5 Å². The van der Waals surface area contributed by atoms with Crippen LogP contribution < -0.4 is 4.90 Å². The Morgan fingerprint density at radius 3 is 2.67 bits per heavy atom. The molecule has 1 fully saturated rings. The molecular weight excluding hydrogens is 224 g/mol. The number of rotatable bonds is 5. The normalized spacial score (nSPS) is 15.8. The lowest BCUT2D eigenvalue weighted by molar-refractivity contribution is -0.122. The SMILES string of the molecule is CC(C(=O)N(CCC#N)c1ccccc1)C1CC1. The number of amides is 1. The Morgan fingerprint density at radius 2 is 2.11 bits per heavy atom. The highest BCUT2D eigenvalue weighted by Crippen LogP contribution is 2.38. The zero-order valence-electron chi connectivity index (χ0n) is 10.7. The van der Waals surface area contributed by atoms with E-state index in [0.717, 1.165) is 18.5 Å². The van der Waals surface area contributed by atoms with Gasteiger partial charge in [-0.1, -0.05) is 25.1 Å². The summed E-state index contributed by atoms with van der Waals surface area (Å²) in [5.41, 5.74) is 0.894. The number of carbonyl (C=O) groups excluding carboxylic acids is 1. The molecule has 1 atom stereocenters. The summed E-state index contributed by atoms with van der Waals surface area (Å²) < 4.78 is 0. The van der Waals surface area contributed by atoms with Crippen LogP contribution in [0, 0.1) is 23.2 Å². The van der Waals surface area contributed by atoms with Crippen molar-refractivity contribution in [1.29, 1.82) is 5.26 Å². The molecule has 1 aromatic rings. The second kappa shape index (κ2) is 5.68. The van der Waals surface area contributed by atoms with Crippen LogP contribution in [0.3, 0.4) is 0 Å². The summed E-state index contributed by atoms with van der Waals surface area (Å²) >= 11 is 0. The number of benzene rings is 1. The van der Waals surface area contributed by atoms with Crippen LogP contribution in [0.5, 0.6) is 0 Å². The molecule has 0 radical (unpaired) electrons. The summed E-state index contributed by atoms with van der Waals surface area (Å²) in [4.78, 5) is 14.2. The van der Waals surface area contributed by atoms with E-state index in [-0.39, 0.29) is 11.8 Å². The third kappa shape index (κ3) is 2.89. The molecule has 3 heteroatoms. The van der Waals surface area contributed by atoms with Gasteiger partial charge in [0.05, 0.1) is 12.5 Å². The van der Waals surface area contributed by atoms with E-state index >= 15 is 0 Å². The number of nitriles is 1. The van der Waals surface area contributed by atoms with Gasteiger partial charge in [-0.3, -0.25) is 4.79 Å². The van der Waals surface area contributed by atoms with Gasteiger partial charge in [0.15, 0.2) is 0 Å². The molecule has 1 aromatic carbocycles. The molecule has 0 spiro atoms. The van der Waals surface area contributed by atoms with Gasteiger partial charge in [0.1, 0.15) is 0 Å². The van der Waals surface area contributed by atoms with Gasteiger partial charge < -0.3 is 4.90 Å². The van der Waals surface area contributed by atoms with Gasteiger partial charge in [-0.25, -0.2) is 0 Å². The fourth-order valence-electron chi connectivity index (χ4n) is 2.18. The number of para-hydroxylation sites is 1. The average Bonchev–Trinajstić information content (AvgIpc) is 3.23. The number of nitrogens with zero attached hydrogens (tertiary/aromatic N) is 2. The Bertz CT molecular complexity index is 445. The molecule has 0 heterocycles. The van der Waals surface area contributed by atoms with Gasteiger partial charge >= 0.3 is 0 Å². The van der Waals surface area contributed by atoms with Crippen molar-refractivity contribution in [3.8, 4) is 6.07 Å². The van der Waals surface area contributed by atoms with Crippen molar-refractivity contribution in [3.63, 3.8) is 0 Å². The predicted octanol–water partition coefficient (Wildman–Crippen LogP) is 2.98. The minimum atomic E-state index is 0.0731. The minimum absolute atomic E-state index is 0.0731. The predicted molar refractivity (Wildman–Crippen MR) is 70.9 cm³/mol. The molecule has 1 aliphatic carbocycles. The van der Waals surface area contributed by atoms with Crippen molar-refractivity contribution < 1.29 is 4.79 Å². The second-order valence-corrected chi connectivity index (χ2v) is 4.86. The van der Waals surface area contributed by atoms with Crippen LogP contribution in [0.2, 0.25) is 0 Å². The molecule has 3 nitrogen and oxygen atoms in total. The first-order valence-electron chi connectivity index (χ1n) is 6.47. The topological polar surface area (TPSA) is 44.1 Å². The first-order chi connectivity index (χ1) is 8.74. The molecule has 94 valence electrons. The Balaban J connectivity index is 2.14. The van der Waals surface area contributed by atoms with Crippen LogP contribution in [0.4, 0.5) is 5.69 Å². The highest BCUT2D eigenvalue weighted by Gasteiger charge is 2.35. The summed E-state index contributed by atoms with van der Waals surface area (Å²) in [7, 11) is 0. The Kier molecular flexibility index (Phi) is 3.99. The third-order valence-corrected chi connectivity index (χ3v) is 3.50. The maximum absolute atomic E-state index is 12.4. The van der Waals surface area contributed by atoms with Crippen LogP contribution in [0.15, 0.2) is 30.3 Å². The number of carbonyl (C=O) groups is 1. The van der Waals surface area contributed by atoms with Gasteiger partial charge in [-0.2, -0.15) is 5.26 Å². The molecule has 18 heavy (non-hydrogen) atoms. The van der Waals surface area contributed by atoms with E-state index in [1.807, 2.05) is 37.3 Å². The molecule has 1 amide bonds. The summed E-state index contributed by atoms with van der Waals surface area (Å²) in [6.45, 7) is 2.48. The zero-order valence-corrected chi connectivity index (χ0v) is 10.7. The van der Waals surface area contributed by atoms with E-state index in [0.29, 0.717) is 18.9 Å². The molecule has 0 aliphatic heterocycles. The quantitative estimate of drug-likeness (QED) is 0.796. The van der Waals surface area contributed by atoms with E-state index in [4.69, 9.17) is 5.26 Å². The van der Waals surface area contributed by atoms with Crippen molar-refractivity contribution >= 4 is 11.6 Å². The maximum atomic E-state index is 12.4. The molecule has 0 aromatic heterocycles. The van der Waals surface area contributed by atoms with Crippen molar-refractivity contribution in [2.75, 3.05) is 11.4 Å². The fraction of sp³-hybridized carbons (Fsp3) is 0.467. The summed E-state index contributed by atoms with van der Waals surface area (Å²) in [5.74, 6) is 0.772. The first-order valence-corrected chi connectivity index (χ1v) is 6.47. The van der Waals surface area contributed by atoms with Gasteiger partial charge in [0.25, 0.3) is 0 Å². The van der Waals surface area contributed by atoms with E-state index in [1.165, 1.54) is 0 Å². The van der Waals surface area contributed by atoms with Gasteiger partial charge in [0, 0.05) is 18.2 Å². The lowest BCUT2D eigenvalue weighted by Crippen LogP contribution is -2.36.